The van der Waals surface area contributed by atoms with Crippen LogP contribution in [0.5, 0.6) is 0 Å². The number of carbonyl (C=O) groups excluding carboxylic acids is 1. The molecule has 3 rings (SSSR count). The lowest BCUT2D eigenvalue weighted by Gasteiger charge is -2.22. The standard InChI is InChI=1S/C12H18N4O/c1-9(16-4-2-3-14-16)12(17)15-7-10-5-13-6-11(10)8-15/h2-4,9-11,13H,5-8H2,1H3/t9?,10-,11+. The van der Waals surface area contributed by atoms with Gasteiger partial charge in [-0.3, -0.25) is 9.48 Å². The second-order valence-corrected chi connectivity index (χ2v) is 5.08. The molecule has 2 saturated heterocycles. The quantitative estimate of drug-likeness (QED) is 0.791. The summed E-state index contributed by atoms with van der Waals surface area (Å²) in [6.07, 6.45) is 3.56. The number of amides is 1. The van der Waals surface area contributed by atoms with Crippen molar-refractivity contribution in [3.05, 3.63) is 18.5 Å². The molecule has 0 aliphatic carbocycles. The van der Waals surface area contributed by atoms with Crippen LogP contribution in [0.1, 0.15) is 13.0 Å². The molecule has 1 unspecified atom stereocenters. The highest BCUT2D eigenvalue weighted by Gasteiger charge is 2.39. The Morgan fingerprint density at radius 1 is 1.41 bits per heavy atom. The Balaban J connectivity index is 1.67. The van der Waals surface area contributed by atoms with E-state index in [1.54, 1.807) is 10.9 Å². The molecule has 0 radical (unpaired) electrons. The number of rotatable bonds is 2. The number of hydrogen-bond donors (Lipinski definition) is 1. The molecule has 1 aromatic heterocycles. The van der Waals surface area contributed by atoms with Gasteiger partial charge in [0, 0.05) is 38.6 Å². The van der Waals surface area contributed by atoms with Gasteiger partial charge < -0.3 is 10.2 Å². The zero-order chi connectivity index (χ0) is 11.8. The minimum Gasteiger partial charge on any atom is -0.340 e. The van der Waals surface area contributed by atoms with Crippen molar-refractivity contribution in [1.82, 2.24) is 20.0 Å². The molecule has 17 heavy (non-hydrogen) atoms. The monoisotopic (exact) mass is 234 g/mol. The maximum absolute atomic E-state index is 12.3. The molecule has 0 spiro atoms. The zero-order valence-electron chi connectivity index (χ0n) is 10.0. The molecule has 5 heteroatoms. The van der Waals surface area contributed by atoms with Crippen LogP contribution in [0.4, 0.5) is 0 Å². The Kier molecular flexibility index (Phi) is 2.63. The maximum atomic E-state index is 12.3. The minimum absolute atomic E-state index is 0.184. The van der Waals surface area contributed by atoms with E-state index >= 15 is 0 Å². The average Bonchev–Trinajstić information content (AvgIpc) is 3.01. The van der Waals surface area contributed by atoms with E-state index in [1.165, 1.54) is 0 Å². The third-order valence-corrected chi connectivity index (χ3v) is 3.98. The van der Waals surface area contributed by atoms with E-state index in [1.807, 2.05) is 24.1 Å². The number of likely N-dealkylation sites (tertiary alicyclic amines) is 1. The van der Waals surface area contributed by atoms with Gasteiger partial charge in [-0.25, -0.2) is 0 Å². The molecule has 3 atom stereocenters. The zero-order valence-corrected chi connectivity index (χ0v) is 10.0. The van der Waals surface area contributed by atoms with Gasteiger partial charge in [0.15, 0.2) is 0 Å². The average molecular weight is 234 g/mol. The van der Waals surface area contributed by atoms with Gasteiger partial charge in [-0.05, 0) is 24.8 Å². The van der Waals surface area contributed by atoms with Crippen molar-refractivity contribution < 1.29 is 4.79 Å². The van der Waals surface area contributed by atoms with Crippen molar-refractivity contribution in [2.45, 2.75) is 13.0 Å². The molecule has 5 nitrogen and oxygen atoms in total. The fraction of sp³-hybridized carbons (Fsp3) is 0.667. The Hall–Kier alpha value is -1.36. The molecule has 2 aliphatic rings. The molecule has 1 N–H and O–H groups in total. The first-order valence-corrected chi connectivity index (χ1v) is 6.24. The van der Waals surface area contributed by atoms with Crippen LogP contribution < -0.4 is 5.32 Å². The van der Waals surface area contributed by atoms with Gasteiger partial charge in [0.2, 0.25) is 5.91 Å². The predicted octanol–water partition coefficient (Wildman–Crippen LogP) is 0.122. The predicted molar refractivity (Wildman–Crippen MR) is 63.4 cm³/mol. The van der Waals surface area contributed by atoms with Gasteiger partial charge in [0.25, 0.3) is 0 Å². The SMILES string of the molecule is CC(C(=O)N1C[C@H]2CNC[C@H]2C1)n1cccn1. The summed E-state index contributed by atoms with van der Waals surface area (Å²) in [7, 11) is 0. The largest absolute Gasteiger partial charge is 0.340 e. The Morgan fingerprint density at radius 3 is 2.71 bits per heavy atom. The van der Waals surface area contributed by atoms with E-state index in [0.29, 0.717) is 11.8 Å². The summed E-state index contributed by atoms with van der Waals surface area (Å²) in [6, 6.07) is 1.67. The number of fused-ring (bicyclic) bond motifs is 1. The van der Waals surface area contributed by atoms with Gasteiger partial charge in [-0.15, -0.1) is 0 Å². The molecule has 3 heterocycles. The van der Waals surface area contributed by atoms with Gasteiger partial charge in [-0.2, -0.15) is 5.10 Å². The van der Waals surface area contributed by atoms with Crippen LogP contribution >= 0.6 is 0 Å². The van der Waals surface area contributed by atoms with E-state index in [9.17, 15) is 4.79 Å². The molecule has 0 aromatic carbocycles. The summed E-state index contributed by atoms with van der Waals surface area (Å²) < 4.78 is 1.73. The fourth-order valence-corrected chi connectivity index (χ4v) is 2.92. The highest BCUT2D eigenvalue weighted by molar-refractivity contribution is 5.80. The topological polar surface area (TPSA) is 50.2 Å². The summed E-state index contributed by atoms with van der Waals surface area (Å²) in [5.74, 6) is 1.51. The van der Waals surface area contributed by atoms with Crippen molar-refractivity contribution in [1.29, 1.82) is 0 Å². The van der Waals surface area contributed by atoms with Gasteiger partial charge >= 0.3 is 0 Å². The smallest absolute Gasteiger partial charge is 0.247 e. The van der Waals surface area contributed by atoms with E-state index in [-0.39, 0.29) is 11.9 Å². The van der Waals surface area contributed by atoms with Crippen molar-refractivity contribution in [2.24, 2.45) is 11.8 Å². The molecule has 0 bridgehead atoms. The van der Waals surface area contributed by atoms with Crippen LogP contribution in [-0.2, 0) is 4.79 Å². The van der Waals surface area contributed by atoms with Crippen molar-refractivity contribution in [3.63, 3.8) is 0 Å². The molecule has 1 aromatic rings. The second-order valence-electron chi connectivity index (χ2n) is 5.08. The van der Waals surface area contributed by atoms with E-state index in [2.05, 4.69) is 10.4 Å². The molecule has 0 saturated carbocycles. The van der Waals surface area contributed by atoms with Gasteiger partial charge in [0.05, 0.1) is 0 Å². The first-order chi connectivity index (χ1) is 8.25. The second kappa shape index (κ2) is 4.14. The lowest BCUT2D eigenvalue weighted by atomic mass is 10.0. The third-order valence-electron chi connectivity index (χ3n) is 3.98. The summed E-state index contributed by atoms with van der Waals surface area (Å²) in [4.78, 5) is 14.3. The summed E-state index contributed by atoms with van der Waals surface area (Å²) in [5, 5.41) is 7.52. The number of carbonyl (C=O) groups is 1. The van der Waals surface area contributed by atoms with Crippen LogP contribution in [-0.4, -0.2) is 46.8 Å². The lowest BCUT2D eigenvalue weighted by molar-refractivity contribution is -0.133. The first-order valence-electron chi connectivity index (χ1n) is 6.24. The molecule has 92 valence electrons. The maximum Gasteiger partial charge on any atom is 0.247 e. The van der Waals surface area contributed by atoms with Crippen LogP contribution in [0, 0.1) is 11.8 Å². The number of hydrogen-bond acceptors (Lipinski definition) is 3. The number of aromatic nitrogens is 2. The van der Waals surface area contributed by atoms with Crippen LogP contribution in [0.3, 0.4) is 0 Å². The molecule has 1 amide bonds. The highest BCUT2D eigenvalue weighted by Crippen LogP contribution is 2.27. The Morgan fingerprint density at radius 2 is 2.12 bits per heavy atom. The third kappa shape index (κ3) is 1.84. The molecular formula is C12H18N4O. The van der Waals surface area contributed by atoms with Crippen LogP contribution in [0.15, 0.2) is 18.5 Å². The normalized spacial score (nSPS) is 29.4. The van der Waals surface area contributed by atoms with E-state index in [4.69, 9.17) is 0 Å². The minimum atomic E-state index is -0.184. The van der Waals surface area contributed by atoms with Gasteiger partial charge in [-0.1, -0.05) is 0 Å². The van der Waals surface area contributed by atoms with Crippen LogP contribution in [0.2, 0.25) is 0 Å². The molecule has 2 aliphatic heterocycles. The van der Waals surface area contributed by atoms with Crippen molar-refractivity contribution in [3.8, 4) is 0 Å². The molecular weight excluding hydrogens is 216 g/mol. The first kappa shape index (κ1) is 10.8. The highest BCUT2D eigenvalue weighted by atomic mass is 16.2. The summed E-state index contributed by atoms with van der Waals surface area (Å²) in [6.45, 7) is 5.85. The Bertz CT molecular complexity index is 391. The number of nitrogens with zero attached hydrogens (tertiary/aromatic N) is 3. The van der Waals surface area contributed by atoms with E-state index < -0.39 is 0 Å². The van der Waals surface area contributed by atoms with Crippen molar-refractivity contribution in [2.75, 3.05) is 26.2 Å². The van der Waals surface area contributed by atoms with Crippen LogP contribution in [0.25, 0.3) is 0 Å². The molecule has 2 fully saturated rings. The van der Waals surface area contributed by atoms with Crippen molar-refractivity contribution >= 4 is 5.91 Å². The lowest BCUT2D eigenvalue weighted by Crippen LogP contribution is -2.36. The van der Waals surface area contributed by atoms with Gasteiger partial charge in [0.1, 0.15) is 6.04 Å². The Labute approximate surface area is 101 Å². The summed E-state index contributed by atoms with van der Waals surface area (Å²) >= 11 is 0. The van der Waals surface area contributed by atoms with E-state index in [0.717, 1.165) is 26.2 Å². The summed E-state index contributed by atoms with van der Waals surface area (Å²) in [5.41, 5.74) is 0. The fourth-order valence-electron chi connectivity index (χ4n) is 2.92. The number of nitrogens with one attached hydrogen (secondary N) is 1.